The van der Waals surface area contributed by atoms with Crippen molar-refractivity contribution in [3.8, 4) is 0 Å². The molecule has 150 valence electrons. The number of pyridine rings is 1. The average Bonchev–Trinajstić information content (AvgIpc) is 2.76. The number of hydrogen-bond donors (Lipinski definition) is 1. The Kier molecular flexibility index (Phi) is 5.64. The fourth-order valence-corrected chi connectivity index (χ4v) is 3.50. The van der Waals surface area contributed by atoms with Crippen molar-refractivity contribution < 1.29 is 13.9 Å². The topological polar surface area (TPSA) is 75.9 Å². The molecule has 1 aliphatic rings. The Labute approximate surface area is 166 Å². The molecule has 0 aliphatic carbocycles. The van der Waals surface area contributed by atoms with Crippen LogP contribution in [0.25, 0.3) is 5.65 Å². The van der Waals surface area contributed by atoms with E-state index in [2.05, 4.69) is 15.2 Å². The number of hydrogen-bond acceptors (Lipinski definition) is 5. The van der Waals surface area contributed by atoms with Crippen LogP contribution in [0.15, 0.2) is 59.7 Å². The molecule has 1 amide bonds. The number of benzene rings is 1. The molecule has 3 aromatic rings. The maximum absolute atomic E-state index is 13.4. The first-order valence-corrected chi connectivity index (χ1v) is 9.45. The molecule has 1 aromatic carbocycles. The van der Waals surface area contributed by atoms with Crippen LogP contribution in [-0.2, 0) is 4.74 Å². The smallest absolute Gasteiger partial charge is 0.270 e. The lowest BCUT2D eigenvalue weighted by atomic mass is 10.0. The van der Waals surface area contributed by atoms with E-state index in [9.17, 15) is 14.0 Å². The molecule has 3 heterocycles. The summed E-state index contributed by atoms with van der Waals surface area (Å²) in [6.45, 7) is 2.89. The Hall–Kier alpha value is -3.10. The Morgan fingerprint density at radius 1 is 1.17 bits per heavy atom. The standard InChI is InChI=1S/C21H21FN4O3/c22-16-6-4-15(5-7-16)18(25-9-11-29-12-10-25)14-24-20(27)17-13-23-19-3-1-2-8-26(19)21(17)28/h1-8,13,18H,9-12,14H2,(H,24,27). The highest BCUT2D eigenvalue weighted by atomic mass is 19.1. The first kappa shape index (κ1) is 19.2. The molecule has 1 unspecified atom stereocenters. The molecule has 0 spiro atoms. The number of carbonyl (C=O) groups is 1. The summed E-state index contributed by atoms with van der Waals surface area (Å²) in [6, 6.07) is 11.3. The van der Waals surface area contributed by atoms with Gasteiger partial charge in [0.05, 0.1) is 19.3 Å². The third kappa shape index (κ3) is 4.18. The summed E-state index contributed by atoms with van der Waals surface area (Å²) < 4.78 is 20.1. The minimum atomic E-state index is -0.485. The van der Waals surface area contributed by atoms with Gasteiger partial charge in [0.25, 0.3) is 11.5 Å². The maximum Gasteiger partial charge on any atom is 0.270 e. The van der Waals surface area contributed by atoms with Crippen molar-refractivity contribution in [3.63, 3.8) is 0 Å². The van der Waals surface area contributed by atoms with Crippen molar-refractivity contribution in [1.82, 2.24) is 19.6 Å². The van der Waals surface area contributed by atoms with E-state index in [0.717, 1.165) is 5.56 Å². The quantitative estimate of drug-likeness (QED) is 0.710. The zero-order chi connectivity index (χ0) is 20.2. The van der Waals surface area contributed by atoms with Crippen molar-refractivity contribution in [2.24, 2.45) is 0 Å². The summed E-state index contributed by atoms with van der Waals surface area (Å²) in [5.41, 5.74) is 0.930. The number of nitrogens with zero attached hydrogens (tertiary/aromatic N) is 3. The Morgan fingerprint density at radius 2 is 1.93 bits per heavy atom. The normalized spacial score (nSPS) is 15.9. The van der Waals surface area contributed by atoms with Gasteiger partial charge >= 0.3 is 0 Å². The molecule has 1 saturated heterocycles. The molecule has 0 radical (unpaired) electrons. The van der Waals surface area contributed by atoms with Gasteiger partial charge in [0.1, 0.15) is 17.0 Å². The lowest BCUT2D eigenvalue weighted by Gasteiger charge is -2.34. The van der Waals surface area contributed by atoms with Crippen LogP contribution in [0.1, 0.15) is 22.0 Å². The molecule has 2 aromatic heterocycles. The van der Waals surface area contributed by atoms with Gasteiger partial charge in [-0.05, 0) is 29.8 Å². The van der Waals surface area contributed by atoms with Gasteiger partial charge in [-0.15, -0.1) is 0 Å². The third-order valence-electron chi connectivity index (χ3n) is 5.06. The first-order chi connectivity index (χ1) is 14.1. The molecule has 0 bridgehead atoms. The number of fused-ring (bicyclic) bond motifs is 1. The number of amides is 1. The van der Waals surface area contributed by atoms with Crippen LogP contribution >= 0.6 is 0 Å². The largest absolute Gasteiger partial charge is 0.379 e. The Morgan fingerprint density at radius 3 is 2.69 bits per heavy atom. The summed E-state index contributed by atoms with van der Waals surface area (Å²) >= 11 is 0. The van der Waals surface area contributed by atoms with Crippen LogP contribution in [0.5, 0.6) is 0 Å². The average molecular weight is 396 g/mol. The van der Waals surface area contributed by atoms with E-state index in [0.29, 0.717) is 32.0 Å². The number of rotatable bonds is 5. The van der Waals surface area contributed by atoms with E-state index in [1.807, 2.05) is 0 Å². The van der Waals surface area contributed by atoms with Gasteiger partial charge in [0.2, 0.25) is 0 Å². The van der Waals surface area contributed by atoms with Gasteiger partial charge < -0.3 is 10.1 Å². The zero-order valence-electron chi connectivity index (χ0n) is 15.8. The number of halogens is 1. The maximum atomic E-state index is 13.4. The second-order valence-electron chi connectivity index (χ2n) is 6.83. The zero-order valence-corrected chi connectivity index (χ0v) is 15.8. The van der Waals surface area contributed by atoms with Crippen molar-refractivity contribution in [2.45, 2.75) is 6.04 Å². The highest BCUT2D eigenvalue weighted by molar-refractivity contribution is 5.93. The minimum absolute atomic E-state index is 0.0199. The molecule has 1 fully saturated rings. The predicted molar refractivity (Wildman–Crippen MR) is 105 cm³/mol. The van der Waals surface area contributed by atoms with E-state index >= 15 is 0 Å². The van der Waals surface area contributed by atoms with Crippen LogP contribution in [0.3, 0.4) is 0 Å². The van der Waals surface area contributed by atoms with Gasteiger partial charge in [-0.1, -0.05) is 18.2 Å². The van der Waals surface area contributed by atoms with E-state index < -0.39 is 11.5 Å². The molecule has 7 nitrogen and oxygen atoms in total. The lowest BCUT2D eigenvalue weighted by molar-refractivity contribution is 0.0162. The van der Waals surface area contributed by atoms with Crippen LogP contribution in [0.4, 0.5) is 4.39 Å². The van der Waals surface area contributed by atoms with Crippen LogP contribution < -0.4 is 10.9 Å². The summed E-state index contributed by atoms with van der Waals surface area (Å²) in [7, 11) is 0. The van der Waals surface area contributed by atoms with Gasteiger partial charge in [0.15, 0.2) is 0 Å². The summed E-state index contributed by atoms with van der Waals surface area (Å²) in [5, 5.41) is 2.85. The monoisotopic (exact) mass is 396 g/mol. The van der Waals surface area contributed by atoms with Crippen molar-refractivity contribution in [3.05, 3.63) is 82.2 Å². The van der Waals surface area contributed by atoms with Gasteiger partial charge in [-0.25, -0.2) is 9.37 Å². The highest BCUT2D eigenvalue weighted by Crippen LogP contribution is 2.21. The highest BCUT2D eigenvalue weighted by Gasteiger charge is 2.24. The van der Waals surface area contributed by atoms with Crippen molar-refractivity contribution in [1.29, 1.82) is 0 Å². The molecular formula is C21H21FN4O3. The van der Waals surface area contributed by atoms with Crippen LogP contribution in [0.2, 0.25) is 0 Å². The number of morpholine rings is 1. The molecule has 8 heteroatoms. The molecular weight excluding hydrogens is 375 g/mol. The van der Waals surface area contributed by atoms with Crippen LogP contribution in [-0.4, -0.2) is 53.0 Å². The van der Waals surface area contributed by atoms with Crippen LogP contribution in [0, 0.1) is 5.82 Å². The minimum Gasteiger partial charge on any atom is -0.379 e. The summed E-state index contributed by atoms with van der Waals surface area (Å²) in [4.78, 5) is 31.7. The molecule has 29 heavy (non-hydrogen) atoms. The Balaban J connectivity index is 1.55. The Bertz CT molecular complexity index is 1060. The SMILES string of the molecule is O=C(NCC(c1ccc(F)cc1)N1CCOCC1)c1cnc2ccccn2c1=O. The van der Waals surface area contributed by atoms with Crippen molar-refractivity contribution >= 4 is 11.6 Å². The number of nitrogens with one attached hydrogen (secondary N) is 1. The van der Waals surface area contributed by atoms with Gasteiger partial charge in [-0.2, -0.15) is 0 Å². The van der Waals surface area contributed by atoms with E-state index in [-0.39, 0.29) is 24.0 Å². The van der Waals surface area contributed by atoms with E-state index in [1.54, 1.807) is 36.5 Å². The fourth-order valence-electron chi connectivity index (χ4n) is 3.50. The molecule has 1 N–H and O–H groups in total. The second kappa shape index (κ2) is 8.50. The second-order valence-corrected chi connectivity index (χ2v) is 6.83. The van der Waals surface area contributed by atoms with Crippen molar-refractivity contribution in [2.75, 3.05) is 32.8 Å². The number of carbonyl (C=O) groups excluding carboxylic acids is 1. The van der Waals surface area contributed by atoms with Gasteiger partial charge in [0, 0.05) is 32.0 Å². The van der Waals surface area contributed by atoms with E-state index in [4.69, 9.17) is 4.74 Å². The number of aromatic nitrogens is 2. The van der Waals surface area contributed by atoms with Gasteiger partial charge in [-0.3, -0.25) is 18.9 Å². The molecule has 0 saturated carbocycles. The van der Waals surface area contributed by atoms with E-state index in [1.165, 1.54) is 22.7 Å². The first-order valence-electron chi connectivity index (χ1n) is 9.45. The number of ether oxygens (including phenoxy) is 1. The molecule has 1 atom stereocenters. The molecule has 4 rings (SSSR count). The third-order valence-corrected chi connectivity index (χ3v) is 5.06. The fraction of sp³-hybridized carbons (Fsp3) is 0.286. The lowest BCUT2D eigenvalue weighted by Crippen LogP contribution is -2.44. The summed E-state index contributed by atoms with van der Waals surface area (Å²) in [5.74, 6) is -0.796. The summed E-state index contributed by atoms with van der Waals surface area (Å²) in [6.07, 6.45) is 2.88. The molecule has 1 aliphatic heterocycles. The predicted octanol–water partition coefficient (Wildman–Crippen LogP) is 1.64.